The summed E-state index contributed by atoms with van der Waals surface area (Å²) in [4.78, 5) is 2.32. The Labute approximate surface area is 115 Å². The molecule has 1 aromatic carbocycles. The number of nitrogens with two attached hydrogens (primary N) is 1. The molecular formula is C15H25N3O. The standard InChI is InChI=1S/C15H25N3O/c1-5-18(13-9-7-6-8-12(13)2)11-10-15(3,4)14(16)17-19/h6-9,19H,5,10-11H2,1-4H3,(H2,16,17). The van der Waals surface area contributed by atoms with E-state index in [-0.39, 0.29) is 11.3 Å². The fraction of sp³-hybridized carbons (Fsp3) is 0.533. The third-order valence-electron chi connectivity index (χ3n) is 3.65. The van der Waals surface area contributed by atoms with Crippen LogP contribution in [0.25, 0.3) is 0 Å². The van der Waals surface area contributed by atoms with Gasteiger partial charge >= 0.3 is 0 Å². The Morgan fingerprint density at radius 2 is 2.00 bits per heavy atom. The van der Waals surface area contributed by atoms with Crippen LogP contribution in [0, 0.1) is 12.3 Å². The maximum atomic E-state index is 8.80. The van der Waals surface area contributed by atoms with Crippen LogP contribution in [0.4, 0.5) is 5.69 Å². The number of hydrogen-bond donors (Lipinski definition) is 2. The van der Waals surface area contributed by atoms with Gasteiger partial charge in [-0.2, -0.15) is 0 Å². The molecule has 0 aromatic heterocycles. The van der Waals surface area contributed by atoms with E-state index in [1.54, 1.807) is 0 Å². The molecule has 106 valence electrons. The van der Waals surface area contributed by atoms with Crippen molar-refractivity contribution >= 4 is 11.5 Å². The molecule has 3 N–H and O–H groups in total. The first-order valence-corrected chi connectivity index (χ1v) is 6.71. The molecule has 1 aromatic rings. The highest BCUT2D eigenvalue weighted by Crippen LogP contribution is 2.24. The van der Waals surface area contributed by atoms with Gasteiger partial charge in [0.2, 0.25) is 0 Å². The second kappa shape index (κ2) is 6.45. The number of nitrogens with zero attached hydrogens (tertiary/aromatic N) is 2. The molecule has 0 atom stereocenters. The molecule has 0 saturated heterocycles. The molecular weight excluding hydrogens is 238 g/mol. The monoisotopic (exact) mass is 263 g/mol. The van der Waals surface area contributed by atoms with E-state index >= 15 is 0 Å². The number of amidine groups is 1. The quantitative estimate of drug-likeness (QED) is 0.359. The molecule has 0 saturated carbocycles. The summed E-state index contributed by atoms with van der Waals surface area (Å²) in [6.07, 6.45) is 0.838. The summed E-state index contributed by atoms with van der Waals surface area (Å²) in [5, 5.41) is 11.9. The van der Waals surface area contributed by atoms with Crippen molar-refractivity contribution in [1.82, 2.24) is 0 Å². The lowest BCUT2D eigenvalue weighted by molar-refractivity contribution is 0.305. The smallest absolute Gasteiger partial charge is 0.144 e. The van der Waals surface area contributed by atoms with E-state index in [1.165, 1.54) is 11.3 Å². The van der Waals surface area contributed by atoms with E-state index in [0.29, 0.717) is 0 Å². The second-order valence-electron chi connectivity index (χ2n) is 5.49. The predicted molar refractivity (Wildman–Crippen MR) is 80.9 cm³/mol. The van der Waals surface area contributed by atoms with Crippen molar-refractivity contribution in [3.63, 3.8) is 0 Å². The Morgan fingerprint density at radius 3 is 2.53 bits per heavy atom. The molecule has 0 amide bonds. The number of oxime groups is 1. The zero-order chi connectivity index (χ0) is 14.5. The number of aryl methyl sites for hydroxylation is 1. The van der Waals surface area contributed by atoms with Crippen LogP contribution >= 0.6 is 0 Å². The molecule has 4 nitrogen and oxygen atoms in total. The lowest BCUT2D eigenvalue weighted by Crippen LogP contribution is -2.36. The first-order chi connectivity index (χ1) is 8.92. The SMILES string of the molecule is CCN(CCC(C)(C)C(N)=NO)c1ccccc1C. The average molecular weight is 263 g/mol. The highest BCUT2D eigenvalue weighted by Gasteiger charge is 2.24. The van der Waals surface area contributed by atoms with Crippen LogP contribution in [-0.2, 0) is 0 Å². The molecule has 0 radical (unpaired) electrons. The summed E-state index contributed by atoms with van der Waals surface area (Å²) in [5.41, 5.74) is 7.95. The molecule has 4 heteroatoms. The maximum absolute atomic E-state index is 8.80. The zero-order valence-corrected chi connectivity index (χ0v) is 12.3. The molecule has 0 fully saturated rings. The van der Waals surface area contributed by atoms with Crippen LogP contribution in [0.2, 0.25) is 0 Å². The molecule has 0 heterocycles. The Balaban J connectivity index is 2.77. The number of para-hydroxylation sites is 1. The number of hydrogen-bond acceptors (Lipinski definition) is 3. The lowest BCUT2D eigenvalue weighted by Gasteiger charge is -2.30. The largest absolute Gasteiger partial charge is 0.409 e. The Kier molecular flexibility index (Phi) is 5.21. The first-order valence-electron chi connectivity index (χ1n) is 6.71. The van der Waals surface area contributed by atoms with Crippen molar-refractivity contribution in [2.24, 2.45) is 16.3 Å². The van der Waals surface area contributed by atoms with Gasteiger partial charge in [0.05, 0.1) is 0 Å². The molecule has 0 bridgehead atoms. The van der Waals surface area contributed by atoms with Crippen LogP contribution in [0.3, 0.4) is 0 Å². The lowest BCUT2D eigenvalue weighted by atomic mass is 9.88. The van der Waals surface area contributed by atoms with Crippen molar-refractivity contribution in [3.05, 3.63) is 29.8 Å². The van der Waals surface area contributed by atoms with Crippen molar-refractivity contribution in [1.29, 1.82) is 0 Å². The van der Waals surface area contributed by atoms with Gasteiger partial charge < -0.3 is 15.8 Å². The van der Waals surface area contributed by atoms with Gasteiger partial charge in [0.25, 0.3) is 0 Å². The van der Waals surface area contributed by atoms with E-state index < -0.39 is 0 Å². The van der Waals surface area contributed by atoms with Crippen LogP contribution < -0.4 is 10.6 Å². The minimum atomic E-state index is -0.301. The highest BCUT2D eigenvalue weighted by molar-refractivity contribution is 5.85. The van der Waals surface area contributed by atoms with Crippen molar-refractivity contribution < 1.29 is 5.21 Å². The number of anilines is 1. The van der Waals surface area contributed by atoms with Crippen molar-refractivity contribution in [2.45, 2.75) is 34.1 Å². The summed E-state index contributed by atoms with van der Waals surface area (Å²) >= 11 is 0. The Bertz CT molecular complexity index is 441. The normalized spacial score (nSPS) is 12.5. The number of rotatable bonds is 6. The van der Waals surface area contributed by atoms with Gasteiger partial charge in [-0.25, -0.2) is 0 Å². The van der Waals surface area contributed by atoms with E-state index in [4.69, 9.17) is 10.9 Å². The van der Waals surface area contributed by atoms with Crippen molar-refractivity contribution in [3.8, 4) is 0 Å². The van der Waals surface area contributed by atoms with Crippen LogP contribution in [-0.4, -0.2) is 24.1 Å². The van der Waals surface area contributed by atoms with Gasteiger partial charge in [-0.3, -0.25) is 0 Å². The zero-order valence-electron chi connectivity index (χ0n) is 12.3. The van der Waals surface area contributed by atoms with E-state index in [9.17, 15) is 0 Å². The maximum Gasteiger partial charge on any atom is 0.144 e. The first kappa shape index (κ1) is 15.3. The third kappa shape index (κ3) is 3.88. The van der Waals surface area contributed by atoms with Gasteiger partial charge in [-0.15, -0.1) is 0 Å². The average Bonchev–Trinajstić information content (AvgIpc) is 2.40. The van der Waals surface area contributed by atoms with Crippen LogP contribution in [0.1, 0.15) is 32.8 Å². The fourth-order valence-electron chi connectivity index (χ4n) is 2.05. The predicted octanol–water partition coefficient (Wildman–Crippen LogP) is 2.98. The summed E-state index contributed by atoms with van der Waals surface area (Å²) in [6.45, 7) is 10.1. The molecule has 0 aliphatic carbocycles. The third-order valence-corrected chi connectivity index (χ3v) is 3.65. The topological polar surface area (TPSA) is 61.8 Å². The molecule has 19 heavy (non-hydrogen) atoms. The summed E-state index contributed by atoms with van der Waals surface area (Å²) in [5.74, 6) is 0.285. The number of benzene rings is 1. The molecule has 0 unspecified atom stereocenters. The van der Waals surface area contributed by atoms with Crippen molar-refractivity contribution in [2.75, 3.05) is 18.0 Å². The molecule has 0 aliphatic rings. The highest BCUT2D eigenvalue weighted by atomic mass is 16.4. The fourth-order valence-corrected chi connectivity index (χ4v) is 2.05. The van der Waals surface area contributed by atoms with E-state index in [1.807, 2.05) is 19.9 Å². The van der Waals surface area contributed by atoms with Gasteiger partial charge in [0.1, 0.15) is 5.84 Å². The van der Waals surface area contributed by atoms with E-state index in [0.717, 1.165) is 19.5 Å². The van der Waals surface area contributed by atoms with Gasteiger partial charge in [-0.1, -0.05) is 37.2 Å². The Hall–Kier alpha value is -1.71. The van der Waals surface area contributed by atoms with E-state index in [2.05, 4.69) is 42.1 Å². The molecule has 1 rings (SSSR count). The molecule has 0 spiro atoms. The van der Waals surface area contributed by atoms with Crippen LogP contribution in [0.5, 0.6) is 0 Å². The minimum absolute atomic E-state index is 0.285. The summed E-state index contributed by atoms with van der Waals surface area (Å²) < 4.78 is 0. The molecule has 0 aliphatic heterocycles. The van der Waals surface area contributed by atoms with Crippen LogP contribution in [0.15, 0.2) is 29.4 Å². The van der Waals surface area contributed by atoms with Gasteiger partial charge in [-0.05, 0) is 31.9 Å². The minimum Gasteiger partial charge on any atom is -0.409 e. The summed E-state index contributed by atoms with van der Waals surface area (Å²) in [7, 11) is 0. The van der Waals surface area contributed by atoms with Gasteiger partial charge in [0.15, 0.2) is 0 Å². The Morgan fingerprint density at radius 1 is 1.37 bits per heavy atom. The summed E-state index contributed by atoms with van der Waals surface area (Å²) in [6, 6.07) is 8.36. The second-order valence-corrected chi connectivity index (χ2v) is 5.49. The van der Waals surface area contributed by atoms with Gasteiger partial charge in [0, 0.05) is 24.2 Å².